The zero-order valence-electron chi connectivity index (χ0n) is 12.1. The average Bonchev–Trinajstić information content (AvgIpc) is 2.10. The maximum absolute atomic E-state index is 6.42. The van der Waals surface area contributed by atoms with Crippen molar-refractivity contribution in [1.29, 1.82) is 16.2 Å². The molecule has 0 aliphatic carbocycles. The van der Waals surface area contributed by atoms with Gasteiger partial charge in [0.2, 0.25) is 0 Å². The van der Waals surface area contributed by atoms with Crippen LogP contribution in [0.3, 0.4) is 0 Å². The van der Waals surface area contributed by atoms with Crippen LogP contribution in [0.5, 0.6) is 0 Å². The number of rotatable bonds is 0. The SMILES string of the molecule is N=C(N)/N=C(\[NH-])N.N=C(N)/N=C(\[NH-])N.N=C(N)/N=C(\[NH-])N.O.O.[Co+3]. The molecule has 0 rings (SSSR count). The largest absolute Gasteiger partial charge is 3.00 e. The Morgan fingerprint density at radius 1 is 0.542 bits per heavy atom. The minimum absolute atomic E-state index is 0. The van der Waals surface area contributed by atoms with E-state index in [-0.39, 0.29) is 27.7 Å². The molecule has 22 N–H and O–H groups in total. The summed E-state index contributed by atoms with van der Waals surface area (Å²) in [6, 6.07) is 0. The van der Waals surface area contributed by atoms with Crippen molar-refractivity contribution in [2.24, 2.45) is 49.4 Å². The van der Waals surface area contributed by atoms with Gasteiger partial charge in [-0.3, -0.25) is 16.2 Å². The molecule has 0 aromatic rings. The minimum Gasteiger partial charge on any atom is -0.454 e. The number of nitrogens with zero attached hydrogens (tertiary/aromatic N) is 3. The van der Waals surface area contributed by atoms with E-state index in [4.69, 9.17) is 33.4 Å². The van der Waals surface area contributed by atoms with Crippen LogP contribution < -0.4 is 34.4 Å². The number of aliphatic imine (C=N–C) groups is 3. The van der Waals surface area contributed by atoms with Crippen molar-refractivity contribution >= 4 is 35.8 Å². The molecular weight excluding hydrogens is 373 g/mol. The van der Waals surface area contributed by atoms with Gasteiger partial charge in [0.1, 0.15) is 17.9 Å². The molecule has 0 spiro atoms. The molecule has 17 nitrogen and oxygen atoms in total. The maximum Gasteiger partial charge on any atom is 3.00 e. The van der Waals surface area contributed by atoms with Gasteiger partial charge in [0.15, 0.2) is 0 Å². The normalized spacial score (nSPS) is 9.75. The van der Waals surface area contributed by atoms with Crippen LogP contribution in [-0.2, 0) is 16.8 Å². The van der Waals surface area contributed by atoms with Gasteiger partial charge in [0.05, 0.1) is 0 Å². The zero-order valence-corrected chi connectivity index (χ0v) is 13.2. The van der Waals surface area contributed by atoms with Crippen LogP contribution in [0.15, 0.2) is 15.0 Å². The molecule has 0 aromatic carbocycles. The van der Waals surface area contributed by atoms with E-state index in [9.17, 15) is 0 Å². The van der Waals surface area contributed by atoms with E-state index in [1.807, 2.05) is 0 Å². The Kier molecular flexibility index (Phi) is 34.0. The molecule has 0 aromatic heterocycles. The second kappa shape index (κ2) is 21.9. The van der Waals surface area contributed by atoms with E-state index in [0.29, 0.717) is 0 Å². The van der Waals surface area contributed by atoms with Crippen LogP contribution in [0.25, 0.3) is 17.2 Å². The number of hydrogen-bond acceptors (Lipinski definition) is 3. The van der Waals surface area contributed by atoms with E-state index >= 15 is 0 Å². The monoisotopic (exact) mass is 395 g/mol. The first-order chi connectivity index (χ1) is 9.38. The Balaban J connectivity index is -0.0000000476. The number of nitrogens with two attached hydrogens (primary N) is 6. The average molecular weight is 395 g/mol. The molecule has 0 fully saturated rings. The minimum atomic E-state index is -0.437. The molecule has 24 heavy (non-hydrogen) atoms. The van der Waals surface area contributed by atoms with Crippen LogP contribution >= 0.6 is 0 Å². The Morgan fingerprint density at radius 3 is 0.667 bits per heavy atom. The molecule has 0 unspecified atom stereocenters. The summed E-state index contributed by atoms with van der Waals surface area (Å²) >= 11 is 0. The fourth-order valence-corrected chi connectivity index (χ4v) is 0.389. The van der Waals surface area contributed by atoms with Gasteiger partial charge in [-0.25, -0.2) is 0 Å². The van der Waals surface area contributed by atoms with Crippen molar-refractivity contribution in [3.05, 3.63) is 17.2 Å². The molecule has 0 saturated carbocycles. The molecular formula is C6H22CoN15O2. The van der Waals surface area contributed by atoms with Crippen LogP contribution in [0.1, 0.15) is 0 Å². The summed E-state index contributed by atoms with van der Waals surface area (Å²) in [5.74, 6) is -2.62. The first-order valence-electron chi connectivity index (χ1n) is 4.57. The first kappa shape index (κ1) is 37.1. The van der Waals surface area contributed by atoms with E-state index in [0.717, 1.165) is 0 Å². The number of hydrogen-bond donors (Lipinski definition) is 9. The van der Waals surface area contributed by atoms with Crippen LogP contribution in [0.4, 0.5) is 0 Å². The summed E-state index contributed by atoms with van der Waals surface area (Å²) in [6.07, 6.45) is 0. The molecule has 0 heterocycles. The standard InChI is InChI=1S/3C2H6N5.Co.2H2O/c3*3-1(4)7-2(5)6;;;/h3*(H6-,3,4,5,6,7);;2*1H2/q3*-1;+3;;. The van der Waals surface area contributed by atoms with Gasteiger partial charge in [0, 0.05) is 17.9 Å². The van der Waals surface area contributed by atoms with Crippen LogP contribution in [-0.4, -0.2) is 46.7 Å². The predicted molar refractivity (Wildman–Crippen MR) is 90.8 cm³/mol. The Morgan fingerprint density at radius 2 is 0.667 bits per heavy atom. The summed E-state index contributed by atoms with van der Waals surface area (Å²) < 4.78 is 0. The summed E-state index contributed by atoms with van der Waals surface area (Å²) in [7, 11) is 0. The summed E-state index contributed by atoms with van der Waals surface area (Å²) in [5.41, 5.74) is 47.4. The van der Waals surface area contributed by atoms with Gasteiger partial charge in [0.25, 0.3) is 0 Å². The summed E-state index contributed by atoms with van der Waals surface area (Å²) in [5, 5.41) is 19.2. The molecule has 0 amide bonds. The Labute approximate surface area is 147 Å². The second-order valence-corrected chi connectivity index (χ2v) is 2.65. The number of nitrogens with one attached hydrogen (secondary N) is 6. The zero-order chi connectivity index (χ0) is 17.6. The van der Waals surface area contributed by atoms with E-state index in [2.05, 4.69) is 49.4 Å². The van der Waals surface area contributed by atoms with Crippen molar-refractivity contribution in [3.8, 4) is 0 Å². The van der Waals surface area contributed by atoms with Crippen LogP contribution in [0, 0.1) is 16.2 Å². The fraction of sp³-hybridized carbons (Fsp3) is 0. The van der Waals surface area contributed by atoms with Crippen LogP contribution in [0.2, 0.25) is 0 Å². The smallest absolute Gasteiger partial charge is 0.454 e. The molecule has 18 heteroatoms. The van der Waals surface area contributed by atoms with Gasteiger partial charge >= 0.3 is 16.8 Å². The van der Waals surface area contributed by atoms with Gasteiger partial charge < -0.3 is 77.5 Å². The third-order valence-corrected chi connectivity index (χ3v) is 0.723. The third-order valence-electron chi connectivity index (χ3n) is 0.723. The summed E-state index contributed by atoms with van der Waals surface area (Å²) in [4.78, 5) is 9.00. The topological polar surface area (TPSA) is 399 Å². The van der Waals surface area contributed by atoms with E-state index < -0.39 is 35.8 Å². The molecule has 0 aliphatic heterocycles. The molecule has 0 bridgehead atoms. The Hall–Kier alpha value is -3.35. The van der Waals surface area contributed by atoms with E-state index in [1.54, 1.807) is 0 Å². The van der Waals surface area contributed by atoms with Crippen molar-refractivity contribution in [1.82, 2.24) is 0 Å². The summed E-state index contributed by atoms with van der Waals surface area (Å²) in [6.45, 7) is 0. The van der Waals surface area contributed by atoms with Crippen molar-refractivity contribution in [2.45, 2.75) is 0 Å². The second-order valence-electron chi connectivity index (χ2n) is 2.65. The molecule has 0 aliphatic rings. The fourth-order valence-electron chi connectivity index (χ4n) is 0.389. The van der Waals surface area contributed by atoms with Gasteiger partial charge in [-0.1, -0.05) is 0 Å². The van der Waals surface area contributed by atoms with Crippen molar-refractivity contribution in [2.75, 3.05) is 0 Å². The molecule has 0 atom stereocenters. The van der Waals surface area contributed by atoms with Gasteiger partial charge in [-0.2, -0.15) is 0 Å². The number of guanidine groups is 6. The van der Waals surface area contributed by atoms with Crippen molar-refractivity contribution in [3.63, 3.8) is 0 Å². The van der Waals surface area contributed by atoms with E-state index in [1.165, 1.54) is 0 Å². The van der Waals surface area contributed by atoms with Gasteiger partial charge in [-0.15, -0.1) is 0 Å². The van der Waals surface area contributed by atoms with Gasteiger partial charge in [-0.05, 0) is 0 Å². The molecule has 142 valence electrons. The molecule has 0 radical (unpaired) electrons. The quantitative estimate of drug-likeness (QED) is 0.145. The predicted octanol–water partition coefficient (Wildman–Crippen LogP) is -3.91. The van der Waals surface area contributed by atoms with Crippen molar-refractivity contribution < 1.29 is 27.7 Å². The third kappa shape index (κ3) is 77.7. The Bertz CT molecular complexity index is 378. The first-order valence-corrected chi connectivity index (χ1v) is 4.57. The maximum atomic E-state index is 6.42. The molecule has 0 saturated heterocycles.